The normalized spacial score (nSPS) is 19.8. The van der Waals surface area contributed by atoms with Gasteiger partial charge < -0.3 is 18.9 Å². The quantitative estimate of drug-likeness (QED) is 0.645. The third-order valence-electron chi connectivity index (χ3n) is 6.22. The van der Waals surface area contributed by atoms with Gasteiger partial charge in [0.25, 0.3) is 11.5 Å². The number of rotatable bonds is 4. The smallest absolute Gasteiger partial charge is 0.274 e. The minimum Gasteiger partial charge on any atom is -0.490 e. The third-order valence-corrected chi connectivity index (χ3v) is 6.22. The topological polar surface area (TPSA) is 78.6 Å². The van der Waals surface area contributed by atoms with Gasteiger partial charge in [-0.3, -0.25) is 9.59 Å². The minimum atomic E-state index is -0.230. The summed E-state index contributed by atoms with van der Waals surface area (Å²) in [5, 5.41) is 5.19. The summed E-state index contributed by atoms with van der Waals surface area (Å²) < 4.78 is 15.4. The van der Waals surface area contributed by atoms with Crippen molar-refractivity contribution in [1.29, 1.82) is 0 Å². The van der Waals surface area contributed by atoms with Crippen LogP contribution in [0.1, 0.15) is 35.8 Å². The lowest BCUT2D eigenvalue weighted by atomic mass is 10.1. The Kier molecular flexibility index (Phi) is 5.23. The predicted molar refractivity (Wildman–Crippen MR) is 115 cm³/mol. The second-order valence-corrected chi connectivity index (χ2v) is 8.22. The molecule has 2 saturated heterocycles. The van der Waals surface area contributed by atoms with Crippen LogP contribution in [0.15, 0.2) is 47.4 Å². The van der Waals surface area contributed by atoms with E-state index in [0.29, 0.717) is 24.8 Å². The molecular weight excluding hydrogens is 396 g/mol. The van der Waals surface area contributed by atoms with E-state index < -0.39 is 0 Å². The number of carbonyl (C=O) groups excluding carboxylic acids is 1. The Morgan fingerprint density at radius 1 is 1.13 bits per heavy atom. The fourth-order valence-electron chi connectivity index (χ4n) is 4.46. The van der Waals surface area contributed by atoms with E-state index in [0.717, 1.165) is 43.6 Å². The zero-order valence-electron chi connectivity index (χ0n) is 17.6. The first-order valence-electron chi connectivity index (χ1n) is 10.8. The molecule has 2 fully saturated rings. The van der Waals surface area contributed by atoms with Crippen LogP contribution in [0.5, 0.6) is 5.75 Å². The molecule has 2 aliphatic heterocycles. The summed E-state index contributed by atoms with van der Waals surface area (Å²) in [6.07, 6.45) is 4.72. The molecule has 0 N–H and O–H groups in total. The van der Waals surface area contributed by atoms with Crippen LogP contribution in [0.25, 0.3) is 10.9 Å². The van der Waals surface area contributed by atoms with Gasteiger partial charge in [0.05, 0.1) is 18.2 Å². The average Bonchev–Trinajstić information content (AvgIpc) is 3.46. The minimum absolute atomic E-state index is 0.0564. The number of nitrogens with zero attached hydrogens (tertiary/aromatic N) is 4. The zero-order chi connectivity index (χ0) is 21.4. The van der Waals surface area contributed by atoms with Crippen molar-refractivity contribution in [2.75, 3.05) is 26.3 Å². The molecule has 1 aromatic carbocycles. The fourth-order valence-corrected chi connectivity index (χ4v) is 4.46. The van der Waals surface area contributed by atoms with E-state index >= 15 is 0 Å². The second-order valence-electron chi connectivity index (χ2n) is 8.22. The highest BCUT2D eigenvalue weighted by Gasteiger charge is 2.26. The van der Waals surface area contributed by atoms with Crippen molar-refractivity contribution in [1.82, 2.24) is 19.2 Å². The number of benzene rings is 1. The van der Waals surface area contributed by atoms with Crippen LogP contribution in [0.2, 0.25) is 0 Å². The summed E-state index contributed by atoms with van der Waals surface area (Å²) >= 11 is 0. The summed E-state index contributed by atoms with van der Waals surface area (Å²) in [4.78, 5) is 26.0. The maximum absolute atomic E-state index is 12.7. The molecule has 4 heterocycles. The van der Waals surface area contributed by atoms with E-state index in [-0.39, 0.29) is 17.6 Å². The highest BCUT2D eigenvalue weighted by molar-refractivity contribution is 5.92. The lowest BCUT2D eigenvalue weighted by Gasteiger charge is -2.32. The molecule has 8 heteroatoms. The number of hydrogen-bond acceptors (Lipinski definition) is 5. The van der Waals surface area contributed by atoms with Gasteiger partial charge in [-0.2, -0.15) is 5.10 Å². The van der Waals surface area contributed by atoms with Crippen molar-refractivity contribution < 1.29 is 14.3 Å². The van der Waals surface area contributed by atoms with Gasteiger partial charge in [-0.1, -0.05) is 6.07 Å². The Hall–Kier alpha value is -3.13. The lowest BCUT2D eigenvalue weighted by Crippen LogP contribution is -2.42. The Balaban J connectivity index is 1.25. The van der Waals surface area contributed by atoms with Gasteiger partial charge >= 0.3 is 0 Å². The van der Waals surface area contributed by atoms with E-state index in [2.05, 4.69) is 28.0 Å². The van der Waals surface area contributed by atoms with Crippen LogP contribution in [0, 0.1) is 0 Å². The van der Waals surface area contributed by atoms with Crippen molar-refractivity contribution in [3.63, 3.8) is 0 Å². The molecule has 3 aromatic rings. The van der Waals surface area contributed by atoms with Crippen LogP contribution < -0.4 is 10.3 Å². The van der Waals surface area contributed by atoms with Crippen LogP contribution in [-0.4, -0.2) is 57.6 Å². The van der Waals surface area contributed by atoms with Gasteiger partial charge in [0.2, 0.25) is 0 Å². The molecule has 8 nitrogen and oxygen atoms in total. The van der Waals surface area contributed by atoms with E-state index in [1.807, 2.05) is 12.1 Å². The Morgan fingerprint density at radius 2 is 1.97 bits per heavy atom. The summed E-state index contributed by atoms with van der Waals surface area (Å²) in [5.74, 6) is 0.742. The number of likely N-dealkylation sites (tertiary alicyclic amines) is 1. The zero-order valence-corrected chi connectivity index (χ0v) is 17.6. The molecule has 5 rings (SSSR count). The number of aromatic nitrogens is 3. The van der Waals surface area contributed by atoms with Crippen LogP contribution in [0.3, 0.4) is 0 Å². The van der Waals surface area contributed by atoms with Gasteiger partial charge in [-0.15, -0.1) is 0 Å². The average molecular weight is 422 g/mol. The molecule has 0 spiro atoms. The van der Waals surface area contributed by atoms with Crippen molar-refractivity contribution in [3.05, 3.63) is 58.6 Å². The number of fused-ring (bicyclic) bond motifs is 1. The molecule has 162 valence electrons. The molecule has 2 aromatic heterocycles. The molecule has 1 unspecified atom stereocenters. The fraction of sp³-hybridized carbons (Fsp3) is 0.435. The number of aryl methyl sites for hydroxylation is 1. The van der Waals surface area contributed by atoms with Gasteiger partial charge in [0.15, 0.2) is 0 Å². The van der Waals surface area contributed by atoms with Crippen molar-refractivity contribution in [3.8, 4) is 5.75 Å². The molecule has 0 saturated carbocycles. The van der Waals surface area contributed by atoms with Crippen LogP contribution >= 0.6 is 0 Å². The third kappa shape index (κ3) is 3.83. The first kappa shape index (κ1) is 19.8. The first-order valence-corrected chi connectivity index (χ1v) is 10.8. The van der Waals surface area contributed by atoms with E-state index in [1.165, 1.54) is 22.3 Å². The summed E-state index contributed by atoms with van der Waals surface area (Å²) in [6, 6.07) is 11.6. The van der Waals surface area contributed by atoms with Gasteiger partial charge in [0, 0.05) is 57.2 Å². The monoisotopic (exact) mass is 422 g/mol. The first-order chi connectivity index (χ1) is 15.1. The predicted octanol–water partition coefficient (Wildman–Crippen LogP) is 2.38. The Morgan fingerprint density at radius 3 is 2.71 bits per heavy atom. The van der Waals surface area contributed by atoms with Crippen molar-refractivity contribution >= 4 is 16.8 Å². The molecule has 1 atom stereocenters. The molecule has 1 amide bonds. The number of piperidine rings is 1. The maximum atomic E-state index is 12.7. The second kappa shape index (κ2) is 8.19. The van der Waals surface area contributed by atoms with Crippen LogP contribution in [0.4, 0.5) is 0 Å². The molecule has 2 aliphatic rings. The van der Waals surface area contributed by atoms with Crippen molar-refractivity contribution in [2.45, 2.75) is 31.4 Å². The van der Waals surface area contributed by atoms with Crippen molar-refractivity contribution in [2.24, 2.45) is 7.05 Å². The van der Waals surface area contributed by atoms with Gasteiger partial charge in [-0.25, -0.2) is 4.68 Å². The summed E-state index contributed by atoms with van der Waals surface area (Å²) in [7, 11) is 1.55. The van der Waals surface area contributed by atoms with E-state index in [4.69, 9.17) is 9.47 Å². The molecule has 31 heavy (non-hydrogen) atoms. The van der Waals surface area contributed by atoms with Gasteiger partial charge in [0.1, 0.15) is 17.5 Å². The highest BCUT2D eigenvalue weighted by Crippen LogP contribution is 2.32. The molecular formula is C23H26N4O4. The largest absolute Gasteiger partial charge is 0.490 e. The number of carbonyl (C=O) groups is 1. The van der Waals surface area contributed by atoms with E-state index in [1.54, 1.807) is 11.9 Å². The van der Waals surface area contributed by atoms with Crippen LogP contribution in [-0.2, 0) is 11.8 Å². The number of hydrogen-bond donors (Lipinski definition) is 0. The molecule has 0 radical (unpaired) electrons. The van der Waals surface area contributed by atoms with E-state index in [9.17, 15) is 9.59 Å². The number of amides is 1. The molecule has 0 bridgehead atoms. The lowest BCUT2D eigenvalue weighted by molar-refractivity contribution is 0.0590. The summed E-state index contributed by atoms with van der Waals surface area (Å²) in [6.45, 7) is 2.77. The van der Waals surface area contributed by atoms with Gasteiger partial charge in [-0.05, 0) is 30.7 Å². The summed E-state index contributed by atoms with van der Waals surface area (Å²) in [5.41, 5.74) is 1.23. The Labute approximate surface area is 180 Å². The highest BCUT2D eigenvalue weighted by atomic mass is 16.5. The standard InChI is InChI=1S/C23H26N4O4/c1-25-22(28)6-5-19(24-25)23(29)26-11-7-17(8-12-26)31-21-4-2-3-20-18(21)9-13-27(20)16-10-14-30-15-16/h2-6,9,13,16-17H,7-8,10-12,14-15H2,1H3. The SMILES string of the molecule is Cn1nc(C(=O)N2CCC(Oc3cccc4c3ccn4C3CCOC3)CC2)ccc1=O. The number of ether oxygens (including phenoxy) is 2. The maximum Gasteiger partial charge on any atom is 0.274 e. The Bertz CT molecular complexity index is 1150. The molecule has 0 aliphatic carbocycles.